The van der Waals surface area contributed by atoms with Crippen molar-refractivity contribution >= 4 is 28.9 Å². The SMILES string of the molecule is COc1ccc(Cl)cc1C(=O)Nc1ccc(N2CCN(Cc3ccc(F)cc3)CC2)cc1. The maximum absolute atomic E-state index is 13.1. The van der Waals surface area contributed by atoms with Crippen LogP contribution >= 0.6 is 11.6 Å². The van der Waals surface area contributed by atoms with Crippen LogP contribution in [0.4, 0.5) is 15.8 Å². The highest BCUT2D eigenvalue weighted by atomic mass is 35.5. The molecular weight excluding hydrogens is 429 g/mol. The Morgan fingerprint density at radius 2 is 1.69 bits per heavy atom. The van der Waals surface area contributed by atoms with Gasteiger partial charge in [0.2, 0.25) is 0 Å². The van der Waals surface area contributed by atoms with Crippen molar-refractivity contribution in [3.05, 3.63) is 88.7 Å². The largest absolute Gasteiger partial charge is 0.496 e. The number of carbonyl (C=O) groups excluding carboxylic acids is 1. The van der Waals surface area contributed by atoms with Crippen molar-refractivity contribution in [2.75, 3.05) is 43.5 Å². The van der Waals surface area contributed by atoms with E-state index in [4.69, 9.17) is 16.3 Å². The molecule has 1 N–H and O–H groups in total. The normalized spacial score (nSPS) is 14.3. The highest BCUT2D eigenvalue weighted by molar-refractivity contribution is 6.31. The molecule has 1 fully saturated rings. The fraction of sp³-hybridized carbons (Fsp3) is 0.240. The topological polar surface area (TPSA) is 44.8 Å². The second-order valence-electron chi connectivity index (χ2n) is 7.74. The van der Waals surface area contributed by atoms with Gasteiger partial charge in [0, 0.05) is 49.1 Å². The Morgan fingerprint density at radius 1 is 1.00 bits per heavy atom. The van der Waals surface area contributed by atoms with E-state index in [0.717, 1.165) is 44.0 Å². The lowest BCUT2D eigenvalue weighted by atomic mass is 10.1. The molecule has 1 saturated heterocycles. The summed E-state index contributed by atoms with van der Waals surface area (Å²) < 4.78 is 18.3. The molecule has 32 heavy (non-hydrogen) atoms. The fourth-order valence-corrected chi connectivity index (χ4v) is 4.00. The molecule has 0 atom stereocenters. The van der Waals surface area contributed by atoms with Gasteiger partial charge in [0.15, 0.2) is 0 Å². The number of hydrogen-bond acceptors (Lipinski definition) is 4. The Bertz CT molecular complexity index is 1070. The zero-order valence-corrected chi connectivity index (χ0v) is 18.6. The predicted octanol–water partition coefficient (Wildman–Crippen LogP) is 5.06. The highest BCUT2D eigenvalue weighted by Gasteiger charge is 2.18. The van der Waals surface area contributed by atoms with E-state index in [1.54, 1.807) is 18.2 Å². The molecule has 0 saturated carbocycles. The molecule has 5 nitrogen and oxygen atoms in total. The molecule has 7 heteroatoms. The molecule has 1 aliphatic rings. The van der Waals surface area contributed by atoms with Crippen LogP contribution in [-0.2, 0) is 6.54 Å². The second kappa shape index (κ2) is 10.0. The van der Waals surface area contributed by atoms with Crippen LogP contribution in [0.15, 0.2) is 66.7 Å². The molecule has 0 spiro atoms. The Morgan fingerprint density at radius 3 is 2.34 bits per heavy atom. The van der Waals surface area contributed by atoms with Gasteiger partial charge in [-0.15, -0.1) is 0 Å². The monoisotopic (exact) mass is 453 g/mol. The Balaban J connectivity index is 1.33. The van der Waals surface area contributed by atoms with Gasteiger partial charge in [-0.1, -0.05) is 23.7 Å². The number of rotatable bonds is 6. The first kappa shape index (κ1) is 22.1. The smallest absolute Gasteiger partial charge is 0.259 e. The Hall–Kier alpha value is -3.09. The van der Waals surface area contributed by atoms with Crippen molar-refractivity contribution in [2.45, 2.75) is 6.54 Å². The minimum atomic E-state index is -0.272. The van der Waals surface area contributed by atoms with E-state index in [0.29, 0.717) is 22.0 Å². The highest BCUT2D eigenvalue weighted by Crippen LogP contribution is 2.25. The van der Waals surface area contributed by atoms with E-state index in [-0.39, 0.29) is 11.7 Å². The molecule has 1 heterocycles. The summed E-state index contributed by atoms with van der Waals surface area (Å²) in [4.78, 5) is 17.3. The van der Waals surface area contributed by atoms with Gasteiger partial charge in [0.25, 0.3) is 5.91 Å². The molecule has 3 aromatic rings. The van der Waals surface area contributed by atoms with E-state index >= 15 is 0 Å². The van der Waals surface area contributed by atoms with Crippen molar-refractivity contribution in [3.8, 4) is 5.75 Å². The quantitative estimate of drug-likeness (QED) is 0.566. The standard InChI is InChI=1S/C25H25ClFN3O2/c1-32-24-11-4-19(26)16-23(24)25(31)28-21-7-9-22(10-8-21)30-14-12-29(13-15-30)17-18-2-5-20(27)6-3-18/h2-11,16H,12-15,17H2,1H3,(H,28,31). The van der Waals surface area contributed by atoms with Gasteiger partial charge >= 0.3 is 0 Å². The lowest BCUT2D eigenvalue weighted by Gasteiger charge is -2.36. The summed E-state index contributed by atoms with van der Waals surface area (Å²) in [6.45, 7) is 4.51. The third-order valence-electron chi connectivity index (χ3n) is 5.59. The van der Waals surface area contributed by atoms with Crippen LogP contribution in [0.25, 0.3) is 0 Å². The van der Waals surface area contributed by atoms with Gasteiger partial charge in [-0.2, -0.15) is 0 Å². The average Bonchev–Trinajstić information content (AvgIpc) is 2.81. The molecule has 0 bridgehead atoms. The average molecular weight is 454 g/mol. The molecular formula is C25H25ClFN3O2. The number of hydrogen-bond donors (Lipinski definition) is 1. The molecule has 0 aliphatic carbocycles. The van der Waals surface area contributed by atoms with Crippen LogP contribution in [0.1, 0.15) is 15.9 Å². The van der Waals surface area contributed by atoms with Crippen molar-refractivity contribution in [2.24, 2.45) is 0 Å². The molecule has 1 aliphatic heterocycles. The molecule has 1 amide bonds. The molecule has 0 unspecified atom stereocenters. The minimum absolute atomic E-state index is 0.204. The van der Waals surface area contributed by atoms with Gasteiger partial charge in [-0.05, 0) is 60.2 Å². The van der Waals surface area contributed by atoms with Gasteiger partial charge in [0.1, 0.15) is 11.6 Å². The number of piperazine rings is 1. The molecule has 166 valence electrons. The van der Waals surface area contributed by atoms with Crippen LogP contribution in [0.5, 0.6) is 5.75 Å². The van der Waals surface area contributed by atoms with Crippen molar-refractivity contribution in [1.82, 2.24) is 4.90 Å². The lowest BCUT2D eigenvalue weighted by molar-refractivity contribution is 0.102. The maximum Gasteiger partial charge on any atom is 0.259 e. The van der Waals surface area contributed by atoms with E-state index in [9.17, 15) is 9.18 Å². The molecule has 0 aromatic heterocycles. The van der Waals surface area contributed by atoms with E-state index < -0.39 is 0 Å². The molecule has 0 radical (unpaired) electrons. The summed E-state index contributed by atoms with van der Waals surface area (Å²) in [7, 11) is 1.52. The van der Waals surface area contributed by atoms with E-state index in [1.807, 2.05) is 36.4 Å². The Labute approximate surface area is 192 Å². The predicted molar refractivity (Wildman–Crippen MR) is 126 cm³/mol. The van der Waals surface area contributed by atoms with Gasteiger partial charge in [-0.25, -0.2) is 4.39 Å². The number of ether oxygens (including phenoxy) is 1. The third-order valence-corrected chi connectivity index (χ3v) is 5.82. The van der Waals surface area contributed by atoms with Gasteiger partial charge < -0.3 is 15.0 Å². The molecule has 4 rings (SSSR count). The first-order valence-corrected chi connectivity index (χ1v) is 10.9. The number of halogens is 2. The number of nitrogens with one attached hydrogen (secondary N) is 1. The zero-order valence-electron chi connectivity index (χ0n) is 17.9. The van der Waals surface area contributed by atoms with Gasteiger partial charge in [-0.3, -0.25) is 9.69 Å². The number of amides is 1. The summed E-state index contributed by atoms with van der Waals surface area (Å²) >= 11 is 6.03. The third kappa shape index (κ3) is 5.39. The minimum Gasteiger partial charge on any atom is -0.496 e. The summed E-state index contributed by atoms with van der Waals surface area (Å²) in [5, 5.41) is 3.37. The Kier molecular flexibility index (Phi) is 6.93. The number of nitrogens with zero attached hydrogens (tertiary/aromatic N) is 2. The fourth-order valence-electron chi connectivity index (χ4n) is 3.82. The number of benzene rings is 3. The first-order chi connectivity index (χ1) is 15.5. The zero-order chi connectivity index (χ0) is 22.5. The first-order valence-electron chi connectivity index (χ1n) is 10.5. The second-order valence-corrected chi connectivity index (χ2v) is 8.17. The van der Waals surface area contributed by atoms with Crippen LogP contribution in [0, 0.1) is 5.82 Å². The number of methoxy groups -OCH3 is 1. The van der Waals surface area contributed by atoms with Crippen molar-refractivity contribution in [3.63, 3.8) is 0 Å². The summed E-state index contributed by atoms with van der Waals surface area (Å²) in [6.07, 6.45) is 0. The molecule has 3 aromatic carbocycles. The lowest BCUT2D eigenvalue weighted by Crippen LogP contribution is -2.45. The van der Waals surface area contributed by atoms with Gasteiger partial charge in [0.05, 0.1) is 12.7 Å². The summed E-state index contributed by atoms with van der Waals surface area (Å²) in [6, 6.07) is 19.5. The van der Waals surface area contributed by atoms with Crippen LogP contribution in [0.2, 0.25) is 5.02 Å². The van der Waals surface area contributed by atoms with E-state index in [2.05, 4.69) is 15.1 Å². The van der Waals surface area contributed by atoms with Crippen molar-refractivity contribution < 1.29 is 13.9 Å². The van der Waals surface area contributed by atoms with Crippen LogP contribution in [-0.4, -0.2) is 44.1 Å². The summed E-state index contributed by atoms with van der Waals surface area (Å²) in [5.74, 6) is -0.00144. The number of anilines is 2. The summed E-state index contributed by atoms with van der Waals surface area (Å²) in [5.41, 5.74) is 3.33. The van der Waals surface area contributed by atoms with E-state index in [1.165, 1.54) is 19.2 Å². The number of carbonyl (C=O) groups is 1. The van der Waals surface area contributed by atoms with Crippen LogP contribution < -0.4 is 15.0 Å². The maximum atomic E-state index is 13.1. The van der Waals surface area contributed by atoms with Crippen molar-refractivity contribution in [1.29, 1.82) is 0 Å². The van der Waals surface area contributed by atoms with Crippen LogP contribution in [0.3, 0.4) is 0 Å².